The first kappa shape index (κ1) is 21.8. The van der Waals surface area contributed by atoms with E-state index in [-0.39, 0.29) is 5.75 Å². The van der Waals surface area contributed by atoms with Crippen molar-refractivity contribution < 1.29 is 22.6 Å². The van der Waals surface area contributed by atoms with Gasteiger partial charge in [-0.2, -0.15) is 0 Å². The Balaban J connectivity index is 1.31. The summed E-state index contributed by atoms with van der Waals surface area (Å²) in [6, 6.07) is 11.7. The van der Waals surface area contributed by atoms with Crippen LogP contribution in [0, 0.1) is 0 Å². The van der Waals surface area contributed by atoms with Crippen LogP contribution >= 0.6 is 0 Å². The number of nitrogens with zero attached hydrogens (tertiary/aromatic N) is 5. The van der Waals surface area contributed by atoms with Gasteiger partial charge in [-0.25, -0.2) is 15.0 Å². The number of rotatable bonds is 5. The van der Waals surface area contributed by atoms with Crippen LogP contribution in [-0.4, -0.2) is 59.6 Å². The molecular formula is C23H21F3N6O2. The van der Waals surface area contributed by atoms with Gasteiger partial charge in [-0.3, -0.25) is 0 Å². The van der Waals surface area contributed by atoms with Crippen LogP contribution in [0.1, 0.15) is 0 Å². The minimum absolute atomic E-state index is 0.228. The lowest BCUT2D eigenvalue weighted by Gasteiger charge is -2.36. The number of nitrogens with one attached hydrogen (secondary N) is 1. The Morgan fingerprint density at radius 1 is 0.912 bits per heavy atom. The Morgan fingerprint density at radius 3 is 2.35 bits per heavy atom. The summed E-state index contributed by atoms with van der Waals surface area (Å²) in [6.07, 6.45) is -1.47. The van der Waals surface area contributed by atoms with Gasteiger partial charge in [-0.1, -0.05) is 0 Å². The van der Waals surface area contributed by atoms with Crippen LogP contribution in [-0.2, 0) is 0 Å². The number of aromatic amines is 1. The van der Waals surface area contributed by atoms with Crippen LogP contribution < -0.4 is 19.3 Å². The zero-order chi connectivity index (χ0) is 23.7. The molecule has 0 spiro atoms. The van der Waals surface area contributed by atoms with Gasteiger partial charge >= 0.3 is 6.36 Å². The van der Waals surface area contributed by atoms with Crippen molar-refractivity contribution in [1.82, 2.24) is 19.9 Å². The molecule has 5 rings (SSSR count). The monoisotopic (exact) mass is 470 g/mol. The molecule has 1 saturated heterocycles. The van der Waals surface area contributed by atoms with Gasteiger partial charge in [0.25, 0.3) is 0 Å². The second-order valence-corrected chi connectivity index (χ2v) is 7.75. The molecule has 1 aromatic carbocycles. The zero-order valence-corrected chi connectivity index (χ0v) is 18.2. The van der Waals surface area contributed by atoms with Crippen LogP contribution in [0.4, 0.5) is 24.7 Å². The quantitative estimate of drug-likeness (QED) is 0.467. The summed E-state index contributed by atoms with van der Waals surface area (Å²) in [5.74, 6) is 1.13. The molecule has 0 amide bonds. The average Bonchev–Trinajstić information content (AvgIpc) is 3.28. The van der Waals surface area contributed by atoms with Crippen LogP contribution in [0.15, 0.2) is 55.0 Å². The lowest BCUT2D eigenvalue weighted by molar-refractivity contribution is -0.274. The molecule has 1 aliphatic heterocycles. The minimum Gasteiger partial charge on any atom is -0.481 e. The third-order valence-corrected chi connectivity index (χ3v) is 5.67. The summed E-state index contributed by atoms with van der Waals surface area (Å²) in [4.78, 5) is 20.7. The van der Waals surface area contributed by atoms with Gasteiger partial charge in [0.2, 0.25) is 5.88 Å². The number of ether oxygens (including phenoxy) is 2. The van der Waals surface area contributed by atoms with Gasteiger partial charge in [-0.15, -0.1) is 13.2 Å². The summed E-state index contributed by atoms with van der Waals surface area (Å²) >= 11 is 0. The van der Waals surface area contributed by atoms with E-state index in [1.807, 2.05) is 18.2 Å². The van der Waals surface area contributed by atoms with Gasteiger partial charge in [0.05, 0.1) is 12.5 Å². The second kappa shape index (κ2) is 8.73. The molecule has 0 unspecified atom stereocenters. The van der Waals surface area contributed by atoms with E-state index in [0.29, 0.717) is 32.1 Å². The molecule has 0 saturated carbocycles. The van der Waals surface area contributed by atoms with E-state index in [2.05, 4.69) is 34.5 Å². The third-order valence-electron chi connectivity index (χ3n) is 5.67. The van der Waals surface area contributed by atoms with E-state index in [0.717, 1.165) is 33.8 Å². The molecule has 1 aliphatic rings. The van der Waals surface area contributed by atoms with Crippen molar-refractivity contribution >= 4 is 22.5 Å². The summed E-state index contributed by atoms with van der Waals surface area (Å²) in [5.41, 5.74) is 3.40. The summed E-state index contributed by atoms with van der Waals surface area (Å²) in [5, 5.41) is 0.912. The molecule has 0 aliphatic carbocycles. The van der Waals surface area contributed by atoms with Gasteiger partial charge in [0, 0.05) is 55.4 Å². The number of fused-ring (bicyclic) bond motifs is 1. The Kier molecular flexibility index (Phi) is 5.60. The van der Waals surface area contributed by atoms with E-state index >= 15 is 0 Å². The maximum Gasteiger partial charge on any atom is 0.573 e. The number of hydrogen-bond acceptors (Lipinski definition) is 7. The van der Waals surface area contributed by atoms with Crippen LogP contribution in [0.25, 0.3) is 22.3 Å². The topological polar surface area (TPSA) is 79.4 Å². The number of aromatic nitrogens is 4. The first-order chi connectivity index (χ1) is 16.4. The first-order valence-electron chi connectivity index (χ1n) is 10.6. The van der Waals surface area contributed by atoms with Gasteiger partial charge in [-0.05, 0) is 36.4 Å². The van der Waals surface area contributed by atoms with Crippen molar-refractivity contribution in [2.45, 2.75) is 6.36 Å². The van der Waals surface area contributed by atoms with E-state index in [1.54, 1.807) is 25.4 Å². The van der Waals surface area contributed by atoms with Crippen molar-refractivity contribution in [3.05, 3.63) is 55.0 Å². The predicted molar refractivity (Wildman–Crippen MR) is 121 cm³/mol. The van der Waals surface area contributed by atoms with Crippen molar-refractivity contribution in [3.63, 3.8) is 0 Å². The molecule has 0 atom stereocenters. The van der Waals surface area contributed by atoms with E-state index in [4.69, 9.17) is 4.74 Å². The molecule has 1 fully saturated rings. The molecule has 4 heterocycles. The fourth-order valence-corrected chi connectivity index (χ4v) is 4.06. The average molecular weight is 470 g/mol. The van der Waals surface area contributed by atoms with Crippen molar-refractivity contribution in [3.8, 4) is 22.9 Å². The molecule has 0 radical (unpaired) electrons. The maximum atomic E-state index is 12.4. The smallest absolute Gasteiger partial charge is 0.481 e. The fraction of sp³-hybridized carbons (Fsp3) is 0.261. The number of halogens is 3. The Hall–Kier alpha value is -4.02. The van der Waals surface area contributed by atoms with Gasteiger partial charge < -0.3 is 24.3 Å². The summed E-state index contributed by atoms with van der Waals surface area (Å²) in [7, 11) is 1.57. The Bertz CT molecular complexity index is 1280. The number of pyridine rings is 1. The number of piperazine rings is 1. The molecular weight excluding hydrogens is 449 g/mol. The lowest BCUT2D eigenvalue weighted by Crippen LogP contribution is -2.46. The zero-order valence-electron chi connectivity index (χ0n) is 18.2. The van der Waals surface area contributed by atoms with E-state index < -0.39 is 6.36 Å². The molecule has 3 aromatic heterocycles. The third kappa shape index (κ3) is 4.54. The predicted octanol–water partition coefficient (Wildman–Crippen LogP) is 4.25. The Morgan fingerprint density at radius 2 is 1.65 bits per heavy atom. The second-order valence-electron chi connectivity index (χ2n) is 7.75. The lowest BCUT2D eigenvalue weighted by atomic mass is 10.2. The van der Waals surface area contributed by atoms with E-state index in [1.165, 1.54) is 18.5 Å². The first-order valence-corrected chi connectivity index (χ1v) is 10.6. The minimum atomic E-state index is -4.70. The standard InChI is InChI=1S/C23H21F3N6O2/c1-33-20-12-15(6-7-27-20)19-13-18-21(30-19)28-14-29-22(18)32-10-8-31(9-11-32)16-2-4-17(5-3-16)34-23(24,25)26/h2-7,12-14H,8-11H2,1H3,(H,28,29,30). The summed E-state index contributed by atoms with van der Waals surface area (Å²) < 4.78 is 46.3. The molecule has 0 bridgehead atoms. The molecule has 8 nitrogen and oxygen atoms in total. The molecule has 34 heavy (non-hydrogen) atoms. The number of benzene rings is 1. The highest BCUT2D eigenvalue weighted by atomic mass is 19.4. The summed E-state index contributed by atoms with van der Waals surface area (Å²) in [6.45, 7) is 2.81. The normalized spacial score (nSPS) is 14.5. The number of hydrogen-bond donors (Lipinski definition) is 1. The SMILES string of the molecule is COc1cc(-c2cc3c(N4CCN(c5ccc(OC(F)(F)F)cc5)CC4)ncnc3[nH]2)ccn1. The van der Waals surface area contributed by atoms with E-state index in [9.17, 15) is 13.2 Å². The number of H-pyrrole nitrogens is 1. The van der Waals surface area contributed by atoms with Crippen LogP contribution in [0.3, 0.4) is 0 Å². The molecule has 1 N–H and O–H groups in total. The Labute approximate surface area is 193 Å². The van der Waals surface area contributed by atoms with Crippen molar-refractivity contribution in [2.75, 3.05) is 43.1 Å². The highest BCUT2D eigenvalue weighted by molar-refractivity contribution is 5.92. The van der Waals surface area contributed by atoms with Crippen LogP contribution in [0.5, 0.6) is 11.6 Å². The molecule has 176 valence electrons. The fourth-order valence-electron chi connectivity index (χ4n) is 4.06. The van der Waals surface area contributed by atoms with Gasteiger partial charge in [0.15, 0.2) is 0 Å². The number of methoxy groups -OCH3 is 1. The van der Waals surface area contributed by atoms with Crippen molar-refractivity contribution in [1.29, 1.82) is 0 Å². The van der Waals surface area contributed by atoms with Crippen LogP contribution in [0.2, 0.25) is 0 Å². The van der Waals surface area contributed by atoms with Gasteiger partial charge in [0.1, 0.15) is 23.5 Å². The van der Waals surface area contributed by atoms with Crippen molar-refractivity contribution in [2.24, 2.45) is 0 Å². The maximum absolute atomic E-state index is 12.4. The molecule has 4 aromatic rings. The molecule has 11 heteroatoms. The highest BCUT2D eigenvalue weighted by Crippen LogP contribution is 2.31. The number of anilines is 2. The largest absolute Gasteiger partial charge is 0.573 e. The number of alkyl halides is 3. The highest BCUT2D eigenvalue weighted by Gasteiger charge is 2.31.